The van der Waals surface area contributed by atoms with E-state index < -0.39 is 5.97 Å². The average molecular weight is 184 g/mol. The van der Waals surface area contributed by atoms with Crippen LogP contribution in [-0.4, -0.2) is 38.5 Å². The first-order valence-electron chi connectivity index (χ1n) is 3.61. The number of allylic oxidation sites excluding steroid dienone is 1. The standard InChI is InChI=1S/C9H12O4/c1-12-6-4-3-5-8(7-13-2)9(10)11/h5H,6-7H2,1-2H3,(H,10,11)/b8-5+. The van der Waals surface area contributed by atoms with Crippen molar-refractivity contribution in [2.45, 2.75) is 0 Å². The van der Waals surface area contributed by atoms with Gasteiger partial charge in [-0.25, -0.2) is 4.79 Å². The quantitative estimate of drug-likeness (QED) is 0.504. The summed E-state index contributed by atoms with van der Waals surface area (Å²) in [6, 6.07) is 0. The fourth-order valence-electron chi connectivity index (χ4n) is 0.573. The number of hydrogen-bond acceptors (Lipinski definition) is 3. The van der Waals surface area contributed by atoms with Crippen molar-refractivity contribution < 1.29 is 19.4 Å². The molecular formula is C9H12O4. The largest absolute Gasteiger partial charge is 0.478 e. The molecule has 0 atom stereocenters. The molecule has 0 aliphatic heterocycles. The molecule has 72 valence electrons. The number of ether oxygens (including phenoxy) is 2. The van der Waals surface area contributed by atoms with Crippen LogP contribution in [-0.2, 0) is 14.3 Å². The van der Waals surface area contributed by atoms with Crippen molar-refractivity contribution in [2.24, 2.45) is 0 Å². The minimum Gasteiger partial charge on any atom is -0.478 e. The van der Waals surface area contributed by atoms with Crippen molar-refractivity contribution in [3.05, 3.63) is 11.6 Å². The van der Waals surface area contributed by atoms with Crippen LogP contribution in [0.1, 0.15) is 0 Å². The summed E-state index contributed by atoms with van der Waals surface area (Å²) in [6.07, 6.45) is 1.31. The number of carboxylic acids is 1. The summed E-state index contributed by atoms with van der Waals surface area (Å²) in [7, 11) is 2.95. The number of hydrogen-bond donors (Lipinski definition) is 1. The maximum Gasteiger partial charge on any atom is 0.334 e. The van der Waals surface area contributed by atoms with Gasteiger partial charge in [-0.2, -0.15) is 0 Å². The van der Waals surface area contributed by atoms with Crippen LogP contribution < -0.4 is 0 Å². The zero-order valence-corrected chi connectivity index (χ0v) is 7.66. The van der Waals surface area contributed by atoms with E-state index in [4.69, 9.17) is 5.11 Å². The van der Waals surface area contributed by atoms with Crippen molar-refractivity contribution >= 4 is 5.97 Å². The van der Waals surface area contributed by atoms with E-state index in [1.807, 2.05) is 0 Å². The van der Waals surface area contributed by atoms with E-state index in [-0.39, 0.29) is 18.8 Å². The molecule has 0 amide bonds. The second-order valence-electron chi connectivity index (χ2n) is 2.16. The highest BCUT2D eigenvalue weighted by atomic mass is 16.5. The molecule has 0 fully saturated rings. The first kappa shape index (κ1) is 11.7. The first-order valence-corrected chi connectivity index (χ1v) is 3.61. The molecule has 0 aliphatic rings. The van der Waals surface area contributed by atoms with Crippen molar-refractivity contribution in [1.82, 2.24) is 0 Å². The van der Waals surface area contributed by atoms with Crippen LogP contribution in [0.15, 0.2) is 11.6 Å². The number of rotatable bonds is 4. The first-order chi connectivity index (χ1) is 6.22. The monoisotopic (exact) mass is 184 g/mol. The predicted octanol–water partition coefficient (Wildman–Crippen LogP) is 0.294. The molecule has 0 saturated heterocycles. The summed E-state index contributed by atoms with van der Waals surface area (Å²) in [5.41, 5.74) is 0.131. The zero-order valence-electron chi connectivity index (χ0n) is 7.66. The zero-order chi connectivity index (χ0) is 10.1. The Bertz CT molecular complexity index is 244. The molecule has 0 bridgehead atoms. The second-order valence-corrected chi connectivity index (χ2v) is 2.16. The third-order valence-electron chi connectivity index (χ3n) is 1.14. The Kier molecular flexibility index (Phi) is 6.60. The summed E-state index contributed by atoms with van der Waals surface area (Å²) in [5.74, 6) is 4.15. The maximum atomic E-state index is 10.5. The van der Waals surface area contributed by atoms with Gasteiger partial charge < -0.3 is 14.6 Å². The second kappa shape index (κ2) is 7.35. The molecule has 0 aliphatic carbocycles. The molecule has 0 aromatic carbocycles. The number of aliphatic carboxylic acids is 1. The lowest BCUT2D eigenvalue weighted by molar-refractivity contribution is -0.133. The Hall–Kier alpha value is -1.31. The lowest BCUT2D eigenvalue weighted by Crippen LogP contribution is -2.06. The van der Waals surface area contributed by atoms with Crippen molar-refractivity contribution in [3.63, 3.8) is 0 Å². The molecule has 1 N–H and O–H groups in total. The van der Waals surface area contributed by atoms with E-state index >= 15 is 0 Å². The summed E-state index contributed by atoms with van der Waals surface area (Å²) in [6.45, 7) is 0.341. The smallest absolute Gasteiger partial charge is 0.334 e. The van der Waals surface area contributed by atoms with Crippen molar-refractivity contribution in [1.29, 1.82) is 0 Å². The van der Waals surface area contributed by atoms with Gasteiger partial charge in [0, 0.05) is 20.3 Å². The molecule has 0 radical (unpaired) electrons. The highest BCUT2D eigenvalue weighted by molar-refractivity contribution is 5.87. The fraction of sp³-hybridized carbons (Fsp3) is 0.444. The molecular weight excluding hydrogens is 172 g/mol. The van der Waals surface area contributed by atoms with Gasteiger partial charge >= 0.3 is 5.97 Å². The molecule has 0 saturated carbocycles. The molecule has 0 unspecified atom stereocenters. The lowest BCUT2D eigenvalue weighted by Gasteiger charge is -1.96. The SMILES string of the molecule is COCC#C/C=C(\COC)C(=O)O. The van der Waals surface area contributed by atoms with E-state index in [0.717, 1.165) is 0 Å². The molecule has 0 aromatic heterocycles. The molecule has 4 heteroatoms. The van der Waals surface area contributed by atoms with E-state index in [9.17, 15) is 4.79 Å². The minimum atomic E-state index is -1.02. The van der Waals surface area contributed by atoms with Gasteiger partial charge in [0.05, 0.1) is 12.2 Å². The molecule has 0 rings (SSSR count). The summed E-state index contributed by atoms with van der Waals surface area (Å²) in [4.78, 5) is 10.5. The van der Waals surface area contributed by atoms with Crippen LogP contribution in [0.5, 0.6) is 0 Å². The summed E-state index contributed by atoms with van der Waals surface area (Å²) < 4.78 is 9.34. The Morgan fingerprint density at radius 3 is 2.62 bits per heavy atom. The molecule has 0 aromatic rings. The van der Waals surface area contributed by atoms with Crippen LogP contribution in [0.2, 0.25) is 0 Å². The highest BCUT2D eigenvalue weighted by Crippen LogP contribution is 1.93. The lowest BCUT2D eigenvalue weighted by atomic mass is 10.2. The van der Waals surface area contributed by atoms with Gasteiger partial charge in [0.2, 0.25) is 0 Å². The topological polar surface area (TPSA) is 55.8 Å². The molecule has 13 heavy (non-hydrogen) atoms. The number of carboxylic acid groups (broad SMARTS) is 1. The Balaban J connectivity index is 4.21. The third kappa shape index (κ3) is 5.91. The van der Waals surface area contributed by atoms with Gasteiger partial charge in [-0.1, -0.05) is 11.8 Å². The van der Waals surface area contributed by atoms with Gasteiger partial charge in [0.1, 0.15) is 6.61 Å². The van der Waals surface area contributed by atoms with Gasteiger partial charge in [0.15, 0.2) is 0 Å². The molecule has 0 heterocycles. The minimum absolute atomic E-state index is 0.0526. The molecule has 0 spiro atoms. The fourth-order valence-corrected chi connectivity index (χ4v) is 0.573. The van der Waals surface area contributed by atoms with Crippen LogP contribution in [0.25, 0.3) is 0 Å². The van der Waals surface area contributed by atoms with Gasteiger partial charge in [-0.15, -0.1) is 0 Å². The van der Waals surface area contributed by atoms with E-state index in [1.54, 1.807) is 0 Å². The normalized spacial score (nSPS) is 10.5. The van der Waals surface area contributed by atoms with E-state index in [1.165, 1.54) is 20.3 Å². The van der Waals surface area contributed by atoms with Crippen LogP contribution in [0.3, 0.4) is 0 Å². The van der Waals surface area contributed by atoms with Gasteiger partial charge in [0.25, 0.3) is 0 Å². The number of methoxy groups -OCH3 is 2. The highest BCUT2D eigenvalue weighted by Gasteiger charge is 2.04. The molecule has 4 nitrogen and oxygen atoms in total. The summed E-state index contributed by atoms with van der Waals surface area (Å²) >= 11 is 0. The van der Waals surface area contributed by atoms with Crippen molar-refractivity contribution in [3.8, 4) is 11.8 Å². The Morgan fingerprint density at radius 2 is 2.15 bits per heavy atom. The maximum absolute atomic E-state index is 10.5. The van der Waals surface area contributed by atoms with Crippen LogP contribution in [0, 0.1) is 11.8 Å². The average Bonchev–Trinajstić information content (AvgIpc) is 2.10. The van der Waals surface area contributed by atoms with Gasteiger partial charge in [-0.05, 0) is 0 Å². The Labute approximate surface area is 77.2 Å². The van der Waals surface area contributed by atoms with Crippen LogP contribution >= 0.6 is 0 Å². The van der Waals surface area contributed by atoms with Crippen LogP contribution in [0.4, 0.5) is 0 Å². The predicted molar refractivity (Wildman–Crippen MR) is 47.2 cm³/mol. The summed E-state index contributed by atoms with van der Waals surface area (Å²) in [5, 5.41) is 8.61. The third-order valence-corrected chi connectivity index (χ3v) is 1.14. The Morgan fingerprint density at radius 1 is 1.46 bits per heavy atom. The van der Waals surface area contributed by atoms with Gasteiger partial charge in [-0.3, -0.25) is 0 Å². The van der Waals surface area contributed by atoms with E-state index in [2.05, 4.69) is 21.3 Å². The van der Waals surface area contributed by atoms with E-state index in [0.29, 0.717) is 0 Å². The van der Waals surface area contributed by atoms with Crippen molar-refractivity contribution in [2.75, 3.05) is 27.4 Å². The number of carbonyl (C=O) groups is 1.